The largest absolute Gasteiger partial charge is 0.341 e. The maximum atomic E-state index is 6.02. The van der Waals surface area contributed by atoms with Crippen molar-refractivity contribution < 1.29 is 0 Å². The molecule has 0 amide bonds. The van der Waals surface area contributed by atoms with Gasteiger partial charge in [0.2, 0.25) is 0 Å². The van der Waals surface area contributed by atoms with Crippen LogP contribution in [0.25, 0.3) is 0 Å². The lowest BCUT2D eigenvalue weighted by Crippen LogP contribution is -2.06. The van der Waals surface area contributed by atoms with E-state index in [1.165, 1.54) is 23.5 Å². The summed E-state index contributed by atoms with van der Waals surface area (Å²) in [7, 11) is 0. The third kappa shape index (κ3) is 5.44. The Kier molecular flexibility index (Phi) is 6.58. The number of anilines is 2. The molecule has 17 heavy (non-hydrogen) atoms. The predicted molar refractivity (Wildman–Crippen MR) is 90.9 cm³/mol. The van der Waals surface area contributed by atoms with E-state index in [0.29, 0.717) is 13.7 Å². The van der Waals surface area contributed by atoms with Gasteiger partial charge in [-0.15, -0.1) is 23.5 Å². The smallest absolute Gasteiger partial charge is 0.137 e. The Morgan fingerprint density at radius 1 is 1.00 bits per heavy atom. The molecule has 0 radical (unpaired) electrons. The minimum Gasteiger partial charge on any atom is -0.341 e. The van der Waals surface area contributed by atoms with Crippen LogP contribution in [0.1, 0.15) is 0 Å². The topological polar surface area (TPSA) is 24.1 Å². The highest BCUT2D eigenvalue weighted by atomic mass is 35.5. The van der Waals surface area contributed by atoms with E-state index in [2.05, 4.69) is 10.6 Å². The zero-order valence-corrected chi connectivity index (χ0v) is 13.3. The zero-order valence-electron chi connectivity index (χ0n) is 9.24. The second-order valence-corrected chi connectivity index (χ2v) is 6.36. The number of rotatable bonds is 2. The molecule has 1 aromatic rings. The van der Waals surface area contributed by atoms with Crippen LogP contribution in [0.2, 0.25) is 5.02 Å². The Hall–Kier alpha value is -0.0100. The van der Waals surface area contributed by atoms with Gasteiger partial charge in [0.15, 0.2) is 0 Å². The summed E-state index contributed by atoms with van der Waals surface area (Å²) in [5.41, 5.74) is 1.70. The highest BCUT2D eigenvalue weighted by molar-refractivity contribution is 8.23. The van der Waals surface area contributed by atoms with E-state index in [1.807, 2.05) is 30.7 Å². The lowest BCUT2D eigenvalue weighted by Gasteiger charge is -2.10. The normalized spacial score (nSPS) is 9.82. The molecule has 0 atom stereocenters. The van der Waals surface area contributed by atoms with Crippen molar-refractivity contribution in [3.05, 3.63) is 23.2 Å². The summed E-state index contributed by atoms with van der Waals surface area (Å²) in [4.78, 5) is 0. The van der Waals surface area contributed by atoms with Gasteiger partial charge < -0.3 is 10.6 Å². The van der Waals surface area contributed by atoms with Crippen molar-refractivity contribution in [2.24, 2.45) is 0 Å². The minimum absolute atomic E-state index is 0.630. The summed E-state index contributed by atoms with van der Waals surface area (Å²) >= 11 is 19.2. The number of benzene rings is 1. The van der Waals surface area contributed by atoms with Gasteiger partial charge in [0, 0.05) is 16.4 Å². The fourth-order valence-electron chi connectivity index (χ4n) is 1.07. The number of thioether (sulfide) groups is 2. The third-order valence-corrected chi connectivity index (χ3v) is 4.13. The summed E-state index contributed by atoms with van der Waals surface area (Å²) in [5.74, 6) is 0. The molecule has 7 heteroatoms. The van der Waals surface area contributed by atoms with Gasteiger partial charge in [0.05, 0.1) is 0 Å². The summed E-state index contributed by atoms with van der Waals surface area (Å²) in [6.07, 6.45) is 3.84. The monoisotopic (exact) mass is 322 g/mol. The van der Waals surface area contributed by atoms with Crippen LogP contribution in [0.3, 0.4) is 0 Å². The molecule has 0 spiro atoms. The second kappa shape index (κ2) is 7.43. The van der Waals surface area contributed by atoms with Gasteiger partial charge in [-0.05, 0) is 30.7 Å². The molecule has 0 heterocycles. The fraction of sp³-hybridized carbons (Fsp3) is 0.200. The molecule has 2 nitrogen and oxygen atoms in total. The summed E-state index contributed by atoms with van der Waals surface area (Å²) in [5, 5.41) is 6.80. The zero-order chi connectivity index (χ0) is 12.8. The first-order valence-electron chi connectivity index (χ1n) is 4.55. The molecular weight excluding hydrogens is 312 g/mol. The Balaban J connectivity index is 2.86. The van der Waals surface area contributed by atoms with Gasteiger partial charge in [-0.25, -0.2) is 0 Å². The molecule has 0 saturated heterocycles. The molecule has 0 aromatic heterocycles. The highest BCUT2D eigenvalue weighted by Crippen LogP contribution is 2.24. The number of hydrogen-bond acceptors (Lipinski definition) is 4. The van der Waals surface area contributed by atoms with E-state index >= 15 is 0 Å². The summed E-state index contributed by atoms with van der Waals surface area (Å²) in [6.45, 7) is 0. The molecule has 0 unspecified atom stereocenters. The SMILES string of the molecule is CSC(=S)Nc1cc(Cl)cc(NC(=S)SC)c1. The Morgan fingerprint density at radius 3 is 1.76 bits per heavy atom. The van der Waals surface area contributed by atoms with Crippen molar-refractivity contribution in [2.45, 2.75) is 0 Å². The average Bonchev–Trinajstić information content (AvgIpc) is 2.27. The first-order valence-corrected chi connectivity index (χ1v) is 8.20. The lowest BCUT2D eigenvalue weighted by atomic mass is 10.3. The molecule has 0 saturated carbocycles. The van der Waals surface area contributed by atoms with Gasteiger partial charge in [-0.1, -0.05) is 36.0 Å². The van der Waals surface area contributed by atoms with Crippen LogP contribution in [-0.4, -0.2) is 21.2 Å². The lowest BCUT2D eigenvalue weighted by molar-refractivity contribution is 1.63. The predicted octanol–water partition coefficient (Wildman–Crippen LogP) is 4.46. The van der Waals surface area contributed by atoms with E-state index in [0.717, 1.165) is 11.4 Å². The molecule has 1 aromatic carbocycles. The van der Waals surface area contributed by atoms with E-state index < -0.39 is 0 Å². The minimum atomic E-state index is 0.630. The quantitative estimate of drug-likeness (QED) is 0.780. The van der Waals surface area contributed by atoms with Crippen LogP contribution in [0.15, 0.2) is 18.2 Å². The summed E-state index contributed by atoms with van der Waals surface area (Å²) < 4.78 is 1.40. The number of thiocarbonyl (C=S) groups is 2. The molecular formula is C10H11ClN2S4. The molecule has 0 aliphatic heterocycles. The van der Waals surface area contributed by atoms with Crippen molar-refractivity contribution in [2.75, 3.05) is 23.1 Å². The van der Waals surface area contributed by atoms with Crippen molar-refractivity contribution in [1.29, 1.82) is 0 Å². The van der Waals surface area contributed by atoms with E-state index in [9.17, 15) is 0 Å². The summed E-state index contributed by atoms with van der Waals surface area (Å²) in [6, 6.07) is 5.55. The van der Waals surface area contributed by atoms with Crippen LogP contribution in [0.4, 0.5) is 11.4 Å². The van der Waals surface area contributed by atoms with Crippen LogP contribution in [0, 0.1) is 0 Å². The fourth-order valence-corrected chi connectivity index (χ4v) is 1.98. The van der Waals surface area contributed by atoms with Gasteiger partial charge in [0.25, 0.3) is 0 Å². The highest BCUT2D eigenvalue weighted by Gasteiger charge is 2.02. The third-order valence-electron chi connectivity index (χ3n) is 1.76. The van der Waals surface area contributed by atoms with Crippen molar-refractivity contribution in [3.63, 3.8) is 0 Å². The van der Waals surface area contributed by atoms with Crippen LogP contribution < -0.4 is 10.6 Å². The maximum Gasteiger partial charge on any atom is 0.137 e. The number of halogens is 1. The molecule has 0 fully saturated rings. The van der Waals surface area contributed by atoms with Crippen LogP contribution in [-0.2, 0) is 0 Å². The Morgan fingerprint density at radius 2 is 1.41 bits per heavy atom. The van der Waals surface area contributed by atoms with E-state index in [1.54, 1.807) is 0 Å². The first kappa shape index (κ1) is 15.0. The Bertz CT molecular complexity index is 400. The molecule has 0 aliphatic carbocycles. The maximum absolute atomic E-state index is 6.02. The Labute approximate surface area is 125 Å². The van der Waals surface area contributed by atoms with Crippen LogP contribution >= 0.6 is 59.6 Å². The molecule has 92 valence electrons. The van der Waals surface area contributed by atoms with Gasteiger partial charge in [-0.2, -0.15) is 0 Å². The molecule has 0 bridgehead atoms. The number of nitrogens with one attached hydrogen (secondary N) is 2. The van der Waals surface area contributed by atoms with Gasteiger partial charge in [0.1, 0.15) is 8.64 Å². The molecule has 1 rings (SSSR count). The van der Waals surface area contributed by atoms with Crippen LogP contribution in [0.5, 0.6) is 0 Å². The number of hydrogen-bond donors (Lipinski definition) is 2. The first-order chi connectivity index (χ1) is 8.05. The van der Waals surface area contributed by atoms with Gasteiger partial charge in [-0.3, -0.25) is 0 Å². The van der Waals surface area contributed by atoms with E-state index in [-0.39, 0.29) is 0 Å². The van der Waals surface area contributed by atoms with Crippen molar-refractivity contribution in [1.82, 2.24) is 0 Å². The van der Waals surface area contributed by atoms with E-state index in [4.69, 9.17) is 36.0 Å². The standard InChI is InChI=1S/C10H11ClN2S4/c1-16-9(14)12-7-3-6(11)4-8(5-7)13-10(15)17-2/h3-5H,1-2H3,(H,12,14)(H,13,15). The molecule has 2 N–H and O–H groups in total. The average molecular weight is 323 g/mol. The van der Waals surface area contributed by atoms with Gasteiger partial charge >= 0.3 is 0 Å². The second-order valence-electron chi connectivity index (χ2n) is 2.96. The van der Waals surface area contributed by atoms with Crippen molar-refractivity contribution in [3.8, 4) is 0 Å². The molecule has 0 aliphatic rings. The van der Waals surface area contributed by atoms with Crippen molar-refractivity contribution >= 4 is 79.6 Å².